The van der Waals surface area contributed by atoms with Gasteiger partial charge < -0.3 is 5.32 Å². The molecule has 0 fully saturated rings. The maximum Gasteiger partial charge on any atom is 0.221 e. The van der Waals surface area contributed by atoms with Crippen molar-refractivity contribution >= 4 is 5.91 Å². The van der Waals surface area contributed by atoms with Gasteiger partial charge in [-0.1, -0.05) is 27.7 Å². The minimum absolute atomic E-state index is 0.115. The van der Waals surface area contributed by atoms with Crippen molar-refractivity contribution in [1.29, 1.82) is 0 Å². The molecule has 0 spiro atoms. The Morgan fingerprint density at radius 2 is 1.85 bits per heavy atom. The van der Waals surface area contributed by atoms with E-state index in [2.05, 4.69) is 38.1 Å². The summed E-state index contributed by atoms with van der Waals surface area (Å²) in [5.74, 6) is 1.83. The Bertz CT molecular complexity index is 427. The summed E-state index contributed by atoms with van der Waals surface area (Å²) in [4.78, 5) is 11.9. The van der Waals surface area contributed by atoms with Crippen LogP contribution in [0.5, 0.6) is 0 Å². The van der Waals surface area contributed by atoms with Gasteiger partial charge in [0.1, 0.15) is 0 Å². The Hall–Kier alpha value is -1.32. The minimum atomic E-state index is 0.115. The molecule has 0 radical (unpaired) electrons. The molecular formula is C16H29N3O. The number of rotatable bonds is 7. The van der Waals surface area contributed by atoms with E-state index in [9.17, 15) is 4.79 Å². The second kappa shape index (κ2) is 7.46. The second-order valence-corrected chi connectivity index (χ2v) is 6.36. The highest BCUT2D eigenvalue weighted by molar-refractivity contribution is 5.75. The fourth-order valence-corrected chi connectivity index (χ4v) is 2.67. The van der Waals surface area contributed by atoms with Crippen LogP contribution in [0.4, 0.5) is 0 Å². The van der Waals surface area contributed by atoms with Gasteiger partial charge in [0.25, 0.3) is 0 Å². The largest absolute Gasteiger partial charge is 0.356 e. The predicted molar refractivity (Wildman–Crippen MR) is 82.5 cm³/mol. The molecule has 0 unspecified atom stereocenters. The Kier molecular flexibility index (Phi) is 6.24. The number of nitrogens with zero attached hydrogens (tertiary/aromatic N) is 2. The van der Waals surface area contributed by atoms with Crippen molar-refractivity contribution in [3.8, 4) is 0 Å². The first kappa shape index (κ1) is 16.7. The Labute approximate surface area is 122 Å². The number of amides is 1. The van der Waals surface area contributed by atoms with Gasteiger partial charge in [0.15, 0.2) is 0 Å². The molecule has 4 nitrogen and oxygen atoms in total. The highest BCUT2D eigenvalue weighted by atomic mass is 16.1. The van der Waals surface area contributed by atoms with Gasteiger partial charge in [-0.2, -0.15) is 5.10 Å². The number of nitrogens with one attached hydrogen (secondary N) is 1. The van der Waals surface area contributed by atoms with Crippen molar-refractivity contribution in [2.45, 2.75) is 54.5 Å². The third-order valence-electron chi connectivity index (χ3n) is 3.90. The number of carbonyl (C=O) groups excluding carboxylic acids is 1. The summed E-state index contributed by atoms with van der Waals surface area (Å²) in [6.07, 6.45) is 0.491. The van der Waals surface area contributed by atoms with Crippen LogP contribution >= 0.6 is 0 Å². The van der Waals surface area contributed by atoms with Crippen LogP contribution in [0.2, 0.25) is 0 Å². The smallest absolute Gasteiger partial charge is 0.221 e. The predicted octanol–water partition coefficient (Wildman–Crippen LogP) is 2.93. The van der Waals surface area contributed by atoms with Crippen molar-refractivity contribution in [2.75, 3.05) is 6.54 Å². The van der Waals surface area contributed by atoms with Gasteiger partial charge in [-0.3, -0.25) is 9.48 Å². The summed E-state index contributed by atoms with van der Waals surface area (Å²) >= 11 is 0. The monoisotopic (exact) mass is 279 g/mol. The zero-order valence-electron chi connectivity index (χ0n) is 13.7. The van der Waals surface area contributed by atoms with Crippen LogP contribution in [-0.2, 0) is 11.3 Å². The summed E-state index contributed by atoms with van der Waals surface area (Å²) in [5.41, 5.74) is 2.11. The molecule has 1 N–H and O–H groups in total. The summed E-state index contributed by atoms with van der Waals surface area (Å²) in [6.45, 7) is 14.3. The van der Waals surface area contributed by atoms with E-state index in [1.54, 1.807) is 0 Å². The molecule has 0 bridgehead atoms. The average Bonchev–Trinajstić information content (AvgIpc) is 2.64. The quantitative estimate of drug-likeness (QED) is 0.834. The molecule has 0 saturated heterocycles. The van der Waals surface area contributed by atoms with Gasteiger partial charge in [-0.15, -0.1) is 0 Å². The van der Waals surface area contributed by atoms with Crippen molar-refractivity contribution in [3.05, 3.63) is 17.5 Å². The highest BCUT2D eigenvalue weighted by Crippen LogP contribution is 2.19. The van der Waals surface area contributed by atoms with E-state index in [-0.39, 0.29) is 5.91 Å². The van der Waals surface area contributed by atoms with Gasteiger partial charge in [0, 0.05) is 25.2 Å². The zero-order chi connectivity index (χ0) is 15.3. The molecule has 1 rings (SSSR count). The highest BCUT2D eigenvalue weighted by Gasteiger charge is 2.18. The first-order chi connectivity index (χ1) is 9.31. The SMILES string of the molecule is Cc1cc(C)n(CCC(=O)NCC(C(C)C)C(C)C)n1. The molecule has 4 heteroatoms. The molecule has 0 aliphatic rings. The van der Waals surface area contributed by atoms with E-state index < -0.39 is 0 Å². The maximum absolute atomic E-state index is 11.9. The lowest BCUT2D eigenvalue weighted by Crippen LogP contribution is -2.34. The molecular weight excluding hydrogens is 250 g/mol. The zero-order valence-corrected chi connectivity index (χ0v) is 13.7. The molecule has 0 aliphatic heterocycles. The molecule has 0 atom stereocenters. The summed E-state index contributed by atoms with van der Waals surface area (Å²) < 4.78 is 1.90. The number of hydrogen-bond donors (Lipinski definition) is 1. The molecule has 114 valence electrons. The molecule has 1 aromatic rings. The van der Waals surface area contributed by atoms with Gasteiger partial charge in [-0.05, 0) is 37.7 Å². The van der Waals surface area contributed by atoms with E-state index in [0.717, 1.165) is 17.9 Å². The Morgan fingerprint density at radius 3 is 2.30 bits per heavy atom. The summed E-state index contributed by atoms with van der Waals surface area (Å²) in [6, 6.07) is 2.03. The van der Waals surface area contributed by atoms with Gasteiger partial charge >= 0.3 is 0 Å². The lowest BCUT2D eigenvalue weighted by molar-refractivity contribution is -0.121. The summed E-state index contributed by atoms with van der Waals surface area (Å²) in [7, 11) is 0. The van der Waals surface area contributed by atoms with Gasteiger partial charge in [-0.25, -0.2) is 0 Å². The Balaban J connectivity index is 2.39. The molecule has 0 aliphatic carbocycles. The summed E-state index contributed by atoms with van der Waals surface area (Å²) in [5, 5.41) is 7.43. The van der Waals surface area contributed by atoms with E-state index in [0.29, 0.717) is 30.7 Å². The fraction of sp³-hybridized carbons (Fsp3) is 0.750. The maximum atomic E-state index is 11.9. The van der Waals surface area contributed by atoms with Crippen LogP contribution in [-0.4, -0.2) is 22.2 Å². The minimum Gasteiger partial charge on any atom is -0.356 e. The first-order valence-electron chi connectivity index (χ1n) is 7.59. The van der Waals surface area contributed by atoms with Crippen molar-refractivity contribution < 1.29 is 4.79 Å². The van der Waals surface area contributed by atoms with Gasteiger partial charge in [0.2, 0.25) is 5.91 Å². The number of carbonyl (C=O) groups is 1. The van der Waals surface area contributed by atoms with Crippen LogP contribution in [0.15, 0.2) is 6.07 Å². The molecule has 1 heterocycles. The number of aryl methyl sites for hydroxylation is 3. The standard InChI is InChI=1S/C16H29N3O/c1-11(2)15(12(3)4)10-17-16(20)7-8-19-14(6)9-13(5)18-19/h9,11-12,15H,7-8,10H2,1-6H3,(H,17,20). The second-order valence-electron chi connectivity index (χ2n) is 6.36. The van der Waals surface area contributed by atoms with Crippen LogP contribution in [0.3, 0.4) is 0 Å². The lowest BCUT2D eigenvalue weighted by Gasteiger charge is -2.25. The third kappa shape index (κ3) is 4.99. The normalized spacial score (nSPS) is 11.7. The first-order valence-corrected chi connectivity index (χ1v) is 7.59. The Morgan fingerprint density at radius 1 is 1.25 bits per heavy atom. The topological polar surface area (TPSA) is 46.9 Å². The van der Waals surface area contributed by atoms with Crippen molar-refractivity contribution in [1.82, 2.24) is 15.1 Å². The van der Waals surface area contributed by atoms with Crippen LogP contribution in [0.25, 0.3) is 0 Å². The van der Waals surface area contributed by atoms with E-state index in [1.165, 1.54) is 0 Å². The lowest BCUT2D eigenvalue weighted by atomic mass is 9.85. The number of hydrogen-bond acceptors (Lipinski definition) is 2. The molecule has 0 aromatic carbocycles. The van der Waals surface area contributed by atoms with Crippen LogP contribution < -0.4 is 5.32 Å². The van der Waals surface area contributed by atoms with E-state index in [1.807, 2.05) is 24.6 Å². The van der Waals surface area contributed by atoms with E-state index in [4.69, 9.17) is 0 Å². The fourth-order valence-electron chi connectivity index (χ4n) is 2.67. The molecule has 0 saturated carbocycles. The third-order valence-corrected chi connectivity index (χ3v) is 3.90. The van der Waals surface area contributed by atoms with Crippen LogP contribution in [0, 0.1) is 31.6 Å². The average molecular weight is 279 g/mol. The molecule has 1 amide bonds. The molecule has 20 heavy (non-hydrogen) atoms. The molecule has 1 aromatic heterocycles. The van der Waals surface area contributed by atoms with Gasteiger partial charge in [0.05, 0.1) is 5.69 Å². The van der Waals surface area contributed by atoms with Crippen molar-refractivity contribution in [3.63, 3.8) is 0 Å². The van der Waals surface area contributed by atoms with Crippen molar-refractivity contribution in [2.24, 2.45) is 17.8 Å². The van der Waals surface area contributed by atoms with Crippen LogP contribution in [0.1, 0.15) is 45.5 Å². The van der Waals surface area contributed by atoms with E-state index >= 15 is 0 Å². The number of aromatic nitrogens is 2.